The van der Waals surface area contributed by atoms with E-state index < -0.39 is 17.7 Å². The van der Waals surface area contributed by atoms with Crippen molar-refractivity contribution in [3.05, 3.63) is 65.4 Å². The first-order valence-corrected chi connectivity index (χ1v) is 10.8. The van der Waals surface area contributed by atoms with Gasteiger partial charge in [0.05, 0.1) is 0 Å². The van der Waals surface area contributed by atoms with Gasteiger partial charge in [-0.1, -0.05) is 17.9 Å². The van der Waals surface area contributed by atoms with Crippen molar-refractivity contribution >= 4 is 23.8 Å². The Morgan fingerprint density at radius 2 is 2.09 bits per heavy atom. The van der Waals surface area contributed by atoms with Crippen LogP contribution in [-0.4, -0.2) is 51.9 Å². The second-order valence-electron chi connectivity index (χ2n) is 8.46. The van der Waals surface area contributed by atoms with Crippen LogP contribution in [0.3, 0.4) is 0 Å². The van der Waals surface area contributed by atoms with E-state index >= 15 is 0 Å². The molecule has 0 bridgehead atoms. The maximum absolute atomic E-state index is 13.0. The Balaban J connectivity index is 1.66. The van der Waals surface area contributed by atoms with Gasteiger partial charge in [0.25, 0.3) is 0 Å². The number of carbonyl (C=O) groups excluding carboxylic acids is 2. The normalized spacial score (nSPS) is 16.0. The molecule has 1 unspecified atom stereocenters. The molecule has 0 fully saturated rings. The lowest BCUT2D eigenvalue weighted by Crippen LogP contribution is -2.49. The van der Waals surface area contributed by atoms with Gasteiger partial charge in [0.2, 0.25) is 5.91 Å². The molecule has 1 aromatic heterocycles. The van der Waals surface area contributed by atoms with Crippen molar-refractivity contribution in [1.29, 1.82) is 5.41 Å². The molecule has 0 saturated heterocycles. The Bertz CT molecular complexity index is 1160. The van der Waals surface area contributed by atoms with Crippen LogP contribution in [0.1, 0.15) is 37.2 Å². The number of rotatable bonds is 5. The summed E-state index contributed by atoms with van der Waals surface area (Å²) in [5.41, 5.74) is 1.79. The number of aromatic nitrogens is 2. The number of nitrogens with one attached hydrogen (secondary N) is 3. The number of fused-ring (bicyclic) bond motifs is 1. The largest absolute Gasteiger partial charge is 0.378 e. The molecular formula is C25H28N6O3. The number of aliphatic hydroxyl groups is 1. The molecule has 2 heterocycles. The second kappa shape index (κ2) is 10.7. The number of allylic oxidation sites excluding steroid dienone is 1. The molecule has 34 heavy (non-hydrogen) atoms. The fraction of sp³-hybridized carbons (Fsp3) is 0.320. The summed E-state index contributed by atoms with van der Waals surface area (Å²) >= 11 is 0. The van der Waals surface area contributed by atoms with Gasteiger partial charge < -0.3 is 26.0 Å². The number of aryl methyl sites for hydroxylation is 1. The van der Waals surface area contributed by atoms with Crippen LogP contribution >= 0.6 is 0 Å². The average Bonchev–Trinajstić information content (AvgIpc) is 2.92. The van der Waals surface area contributed by atoms with Gasteiger partial charge in [-0.15, -0.1) is 0 Å². The minimum Gasteiger partial charge on any atom is -0.378 e. The highest BCUT2D eigenvalue weighted by Gasteiger charge is 2.29. The molecule has 0 spiro atoms. The second-order valence-corrected chi connectivity index (χ2v) is 8.46. The van der Waals surface area contributed by atoms with Crippen LogP contribution in [0.2, 0.25) is 0 Å². The van der Waals surface area contributed by atoms with E-state index in [9.17, 15) is 14.7 Å². The zero-order valence-corrected chi connectivity index (χ0v) is 19.4. The first-order chi connectivity index (χ1) is 16.2. The third-order valence-electron chi connectivity index (χ3n) is 5.15. The van der Waals surface area contributed by atoms with Crippen LogP contribution in [0, 0.1) is 17.3 Å². The van der Waals surface area contributed by atoms with Crippen molar-refractivity contribution in [2.75, 3.05) is 11.9 Å². The van der Waals surface area contributed by atoms with Gasteiger partial charge in [0.1, 0.15) is 17.5 Å². The number of anilines is 1. The van der Waals surface area contributed by atoms with Crippen molar-refractivity contribution in [3.8, 4) is 11.8 Å². The number of benzene rings is 1. The lowest BCUT2D eigenvalue weighted by Gasteiger charge is -2.22. The number of urea groups is 1. The van der Waals surface area contributed by atoms with Gasteiger partial charge in [0.15, 0.2) is 0 Å². The van der Waals surface area contributed by atoms with Crippen LogP contribution in [0.15, 0.2) is 48.4 Å². The number of hydrogen-bond donors (Lipinski definition) is 4. The van der Waals surface area contributed by atoms with E-state index in [0.29, 0.717) is 36.2 Å². The summed E-state index contributed by atoms with van der Waals surface area (Å²) < 4.78 is 0. The Morgan fingerprint density at radius 3 is 2.76 bits per heavy atom. The predicted molar refractivity (Wildman–Crippen MR) is 129 cm³/mol. The summed E-state index contributed by atoms with van der Waals surface area (Å²) in [6.07, 6.45) is 7.09. The molecule has 0 saturated carbocycles. The predicted octanol–water partition coefficient (Wildman–Crippen LogP) is 1.95. The van der Waals surface area contributed by atoms with Crippen LogP contribution in [0.4, 0.5) is 10.5 Å². The Labute approximate surface area is 198 Å². The van der Waals surface area contributed by atoms with E-state index in [2.05, 4.69) is 32.4 Å². The molecule has 0 aliphatic carbocycles. The van der Waals surface area contributed by atoms with Crippen molar-refractivity contribution in [2.24, 2.45) is 0 Å². The topological polar surface area (TPSA) is 131 Å². The summed E-state index contributed by atoms with van der Waals surface area (Å²) in [6, 6.07) is 6.04. The van der Waals surface area contributed by atoms with E-state index in [0.717, 1.165) is 17.5 Å². The average molecular weight is 461 g/mol. The van der Waals surface area contributed by atoms with E-state index in [1.807, 2.05) is 18.2 Å². The molecular weight excluding hydrogens is 432 g/mol. The molecule has 176 valence electrons. The minimum absolute atomic E-state index is 0.240. The molecule has 2 aromatic rings. The summed E-state index contributed by atoms with van der Waals surface area (Å²) in [6.45, 7) is 3.21. The third kappa shape index (κ3) is 6.73. The number of carbonyl (C=O) groups is 2. The highest BCUT2D eigenvalue weighted by molar-refractivity contribution is 6.00. The Hall–Kier alpha value is -4.03. The number of likely N-dealkylation sites (N-methyl/N-ethyl adjacent to an activating group) is 1. The zero-order chi connectivity index (χ0) is 24.7. The van der Waals surface area contributed by atoms with Crippen LogP contribution in [0.25, 0.3) is 0 Å². The zero-order valence-electron chi connectivity index (χ0n) is 19.4. The standard InChI is InChI=1S/C25H28N6O3/c1-25(2,34)10-9-17-5-6-19-7-8-20(23(32)31(3)21(19)13-17)30-24(33)29-16-18(15-26)14-22-27-11-4-12-28-22/h4-6,11-13,15-16,20,26,34H,7-8,14H2,1-3H3,(H2,29,30,33)/b18-16-,26-15?. The summed E-state index contributed by atoms with van der Waals surface area (Å²) in [7, 11) is 1.67. The van der Waals surface area contributed by atoms with Gasteiger partial charge in [-0.05, 0) is 56.0 Å². The molecule has 1 aliphatic rings. The fourth-order valence-corrected chi connectivity index (χ4v) is 3.41. The quantitative estimate of drug-likeness (QED) is 0.400. The fourth-order valence-electron chi connectivity index (χ4n) is 3.41. The van der Waals surface area contributed by atoms with E-state index in [-0.39, 0.29) is 5.91 Å². The molecule has 3 rings (SSSR count). The Kier molecular flexibility index (Phi) is 7.76. The number of amides is 3. The molecule has 3 amide bonds. The van der Waals surface area contributed by atoms with Crippen LogP contribution < -0.4 is 15.5 Å². The number of hydrogen-bond acceptors (Lipinski definition) is 6. The van der Waals surface area contributed by atoms with Crippen molar-refractivity contribution in [1.82, 2.24) is 20.6 Å². The molecule has 1 aromatic carbocycles. The third-order valence-corrected chi connectivity index (χ3v) is 5.15. The lowest BCUT2D eigenvalue weighted by atomic mass is 10.0. The van der Waals surface area contributed by atoms with Crippen molar-refractivity contribution in [2.45, 2.75) is 44.8 Å². The molecule has 1 atom stereocenters. The molecule has 9 nitrogen and oxygen atoms in total. The van der Waals surface area contributed by atoms with E-state index in [1.165, 1.54) is 11.1 Å². The molecule has 0 radical (unpaired) electrons. The monoisotopic (exact) mass is 460 g/mol. The molecule has 9 heteroatoms. The van der Waals surface area contributed by atoms with Gasteiger partial charge in [-0.3, -0.25) is 4.79 Å². The number of nitrogens with zero attached hydrogens (tertiary/aromatic N) is 3. The van der Waals surface area contributed by atoms with Gasteiger partial charge in [0, 0.05) is 49.5 Å². The van der Waals surface area contributed by atoms with E-state index in [1.54, 1.807) is 39.4 Å². The van der Waals surface area contributed by atoms with Crippen LogP contribution in [-0.2, 0) is 17.6 Å². The molecule has 4 N–H and O–H groups in total. The maximum Gasteiger partial charge on any atom is 0.319 e. The van der Waals surface area contributed by atoms with E-state index in [4.69, 9.17) is 5.41 Å². The first-order valence-electron chi connectivity index (χ1n) is 10.8. The maximum atomic E-state index is 13.0. The summed E-state index contributed by atoms with van der Waals surface area (Å²) in [5, 5.41) is 22.7. The van der Waals surface area contributed by atoms with Crippen LogP contribution in [0.5, 0.6) is 0 Å². The lowest BCUT2D eigenvalue weighted by molar-refractivity contribution is -0.120. The minimum atomic E-state index is -1.11. The highest BCUT2D eigenvalue weighted by atomic mass is 16.3. The van der Waals surface area contributed by atoms with Gasteiger partial charge >= 0.3 is 6.03 Å². The van der Waals surface area contributed by atoms with Crippen molar-refractivity contribution in [3.63, 3.8) is 0 Å². The van der Waals surface area contributed by atoms with Gasteiger partial charge in [-0.2, -0.15) is 0 Å². The highest BCUT2D eigenvalue weighted by Crippen LogP contribution is 2.27. The van der Waals surface area contributed by atoms with Gasteiger partial charge in [-0.25, -0.2) is 14.8 Å². The first kappa shape index (κ1) is 24.6. The SMILES string of the molecule is CN1C(=O)C(NC(=O)N/C=C(\C=N)Cc2ncccn2)CCc2ccc(C#CC(C)(C)O)cc21. The molecule has 1 aliphatic heterocycles. The smallest absolute Gasteiger partial charge is 0.319 e. The summed E-state index contributed by atoms with van der Waals surface area (Å²) in [5.74, 6) is 6.00. The van der Waals surface area contributed by atoms with Crippen molar-refractivity contribution < 1.29 is 14.7 Å². The summed E-state index contributed by atoms with van der Waals surface area (Å²) in [4.78, 5) is 35.3. The Morgan fingerprint density at radius 1 is 1.35 bits per heavy atom.